The molecule has 1 aromatic heterocycles. The van der Waals surface area contributed by atoms with Gasteiger partial charge < -0.3 is 4.42 Å². The van der Waals surface area contributed by atoms with E-state index in [0.29, 0.717) is 5.58 Å². The van der Waals surface area contributed by atoms with Crippen LogP contribution in [0, 0.1) is 5.92 Å². The molecule has 0 N–H and O–H groups in total. The highest BCUT2D eigenvalue weighted by molar-refractivity contribution is 7.97. The monoisotopic (exact) mass is 275 g/mol. The lowest BCUT2D eigenvalue weighted by atomic mass is 10.0. The fraction of sp³-hybridized carbons (Fsp3) is 0.400. The Hall–Kier alpha value is -1.26. The van der Waals surface area contributed by atoms with Gasteiger partial charge in [0, 0.05) is 29.4 Å². The third-order valence-electron chi connectivity index (χ3n) is 3.57. The predicted octanol–water partition coefficient (Wildman–Crippen LogP) is 3.53. The van der Waals surface area contributed by atoms with E-state index >= 15 is 0 Å². The first kappa shape index (κ1) is 12.8. The van der Waals surface area contributed by atoms with Gasteiger partial charge in [0.15, 0.2) is 0 Å². The molecule has 0 aliphatic carbocycles. The van der Waals surface area contributed by atoms with E-state index in [4.69, 9.17) is 4.42 Å². The van der Waals surface area contributed by atoms with Gasteiger partial charge in [-0.2, -0.15) is 0 Å². The summed E-state index contributed by atoms with van der Waals surface area (Å²) in [7, 11) is 0. The zero-order valence-electron chi connectivity index (χ0n) is 11.0. The molecule has 2 heterocycles. The normalized spacial score (nSPS) is 17.9. The van der Waals surface area contributed by atoms with E-state index in [1.54, 1.807) is 11.9 Å². The van der Waals surface area contributed by atoms with Crippen LogP contribution in [0.4, 0.5) is 0 Å². The van der Waals surface area contributed by atoms with E-state index in [1.807, 2.05) is 18.2 Å². The fourth-order valence-electron chi connectivity index (χ4n) is 2.33. The number of fused-ring (bicyclic) bond motifs is 1. The Morgan fingerprint density at radius 3 is 2.79 bits per heavy atom. The minimum atomic E-state index is -0.294. The molecule has 1 aliphatic heterocycles. The number of rotatable bonds is 2. The van der Waals surface area contributed by atoms with E-state index in [1.165, 1.54) is 23.8 Å². The van der Waals surface area contributed by atoms with Gasteiger partial charge in [0.1, 0.15) is 5.58 Å². The molecule has 19 heavy (non-hydrogen) atoms. The van der Waals surface area contributed by atoms with Crippen LogP contribution >= 0.6 is 11.9 Å². The molecule has 0 saturated carbocycles. The molecule has 0 radical (unpaired) electrons. The molecule has 100 valence electrons. The van der Waals surface area contributed by atoms with Crippen molar-refractivity contribution in [3.8, 4) is 0 Å². The van der Waals surface area contributed by atoms with E-state index < -0.39 is 0 Å². The first-order chi connectivity index (χ1) is 9.20. The first-order valence-electron chi connectivity index (χ1n) is 6.67. The molecule has 0 amide bonds. The Balaban J connectivity index is 1.78. The number of nitrogens with zero attached hydrogens (tertiary/aromatic N) is 1. The lowest BCUT2D eigenvalue weighted by molar-refractivity contribution is 0.308. The Morgan fingerprint density at radius 1 is 1.21 bits per heavy atom. The Morgan fingerprint density at radius 2 is 2.00 bits per heavy atom. The van der Waals surface area contributed by atoms with Gasteiger partial charge in [0.2, 0.25) is 0 Å². The predicted molar refractivity (Wildman–Crippen MR) is 78.3 cm³/mol. The van der Waals surface area contributed by atoms with Crippen molar-refractivity contribution in [1.29, 1.82) is 0 Å². The molecule has 0 spiro atoms. The van der Waals surface area contributed by atoms with Gasteiger partial charge in [-0.3, -0.25) is 0 Å². The summed E-state index contributed by atoms with van der Waals surface area (Å²) in [6, 6.07) is 9.28. The summed E-state index contributed by atoms with van der Waals surface area (Å²) in [5, 5.41) is 0.981. The van der Waals surface area contributed by atoms with Crippen molar-refractivity contribution >= 4 is 22.9 Å². The summed E-state index contributed by atoms with van der Waals surface area (Å²) in [5.41, 5.74) is 0.363. The number of hydrogen-bond donors (Lipinski definition) is 0. The quantitative estimate of drug-likeness (QED) is 0.620. The topological polar surface area (TPSA) is 33.5 Å². The molecule has 1 fully saturated rings. The maximum absolute atomic E-state index is 11.1. The van der Waals surface area contributed by atoms with Gasteiger partial charge in [-0.15, -0.1) is 0 Å². The molecule has 1 saturated heterocycles. The largest absolute Gasteiger partial charge is 0.423 e. The minimum absolute atomic E-state index is 0.294. The Kier molecular flexibility index (Phi) is 3.62. The highest BCUT2D eigenvalue weighted by atomic mass is 32.2. The van der Waals surface area contributed by atoms with Gasteiger partial charge in [0.05, 0.1) is 0 Å². The van der Waals surface area contributed by atoms with Crippen LogP contribution in [0.2, 0.25) is 0 Å². The molecular formula is C15H17NO2S. The molecule has 3 rings (SSSR count). The van der Waals surface area contributed by atoms with Crippen LogP contribution in [0.15, 0.2) is 44.4 Å². The van der Waals surface area contributed by atoms with Crippen molar-refractivity contribution in [3.63, 3.8) is 0 Å². The first-order valence-corrected chi connectivity index (χ1v) is 7.45. The zero-order chi connectivity index (χ0) is 13.2. The average molecular weight is 275 g/mol. The second-order valence-corrected chi connectivity index (χ2v) is 6.33. The third kappa shape index (κ3) is 3.01. The lowest BCUT2D eigenvalue weighted by Gasteiger charge is -2.28. The summed E-state index contributed by atoms with van der Waals surface area (Å²) >= 11 is 1.80. The number of hydrogen-bond acceptors (Lipinski definition) is 4. The van der Waals surface area contributed by atoms with Crippen LogP contribution in [0.1, 0.15) is 19.8 Å². The van der Waals surface area contributed by atoms with E-state index in [2.05, 4.69) is 17.3 Å². The van der Waals surface area contributed by atoms with Gasteiger partial charge in [0.25, 0.3) is 0 Å². The van der Waals surface area contributed by atoms with Crippen molar-refractivity contribution in [1.82, 2.24) is 4.31 Å². The van der Waals surface area contributed by atoms with Crippen LogP contribution in [-0.4, -0.2) is 17.4 Å². The van der Waals surface area contributed by atoms with E-state index in [-0.39, 0.29) is 5.63 Å². The van der Waals surface area contributed by atoms with Gasteiger partial charge in [-0.1, -0.05) is 6.92 Å². The lowest BCUT2D eigenvalue weighted by Crippen LogP contribution is -2.27. The smallest absolute Gasteiger partial charge is 0.336 e. The van der Waals surface area contributed by atoms with E-state index in [0.717, 1.165) is 24.4 Å². The molecule has 0 bridgehead atoms. The molecule has 1 aromatic carbocycles. The molecule has 1 aliphatic rings. The molecule has 2 aromatic rings. The summed E-state index contributed by atoms with van der Waals surface area (Å²) in [6.45, 7) is 4.61. The summed E-state index contributed by atoms with van der Waals surface area (Å²) in [5.74, 6) is 0.850. The van der Waals surface area contributed by atoms with Crippen LogP contribution in [0.5, 0.6) is 0 Å². The third-order valence-corrected chi connectivity index (χ3v) is 4.66. The summed E-state index contributed by atoms with van der Waals surface area (Å²) < 4.78 is 7.56. The SMILES string of the molecule is CC1CCN(Sc2ccc3oc(=O)ccc3c2)CC1. The minimum Gasteiger partial charge on any atom is -0.423 e. The van der Waals surface area contributed by atoms with Crippen LogP contribution in [-0.2, 0) is 0 Å². The molecule has 0 unspecified atom stereocenters. The van der Waals surface area contributed by atoms with Gasteiger partial charge in [-0.05, 0) is 55.0 Å². The highest BCUT2D eigenvalue weighted by Crippen LogP contribution is 2.29. The number of piperidine rings is 1. The van der Waals surface area contributed by atoms with Crippen molar-refractivity contribution in [2.45, 2.75) is 24.7 Å². The zero-order valence-corrected chi connectivity index (χ0v) is 11.8. The standard InChI is InChI=1S/C15H17NO2S/c1-11-6-8-16(9-7-11)19-13-3-4-14-12(10-13)2-5-15(17)18-14/h2-5,10-11H,6-9H2,1H3. The van der Waals surface area contributed by atoms with Crippen LogP contribution in [0.3, 0.4) is 0 Å². The average Bonchev–Trinajstić information content (AvgIpc) is 2.42. The second-order valence-electron chi connectivity index (χ2n) is 5.16. The van der Waals surface area contributed by atoms with Crippen molar-refractivity contribution < 1.29 is 4.42 Å². The fourth-order valence-corrected chi connectivity index (χ4v) is 3.33. The van der Waals surface area contributed by atoms with E-state index in [9.17, 15) is 4.79 Å². The second kappa shape index (κ2) is 5.39. The maximum atomic E-state index is 11.1. The molecule has 4 heteroatoms. The molecular weight excluding hydrogens is 258 g/mol. The van der Waals surface area contributed by atoms with Crippen molar-refractivity contribution in [2.75, 3.05) is 13.1 Å². The van der Waals surface area contributed by atoms with Crippen LogP contribution < -0.4 is 5.63 Å². The summed E-state index contributed by atoms with van der Waals surface area (Å²) in [4.78, 5) is 12.3. The molecule has 3 nitrogen and oxygen atoms in total. The molecule has 0 atom stereocenters. The Labute approximate surface area is 116 Å². The Bertz CT molecular complexity index is 629. The van der Waals surface area contributed by atoms with Crippen molar-refractivity contribution in [3.05, 3.63) is 40.8 Å². The van der Waals surface area contributed by atoms with Crippen molar-refractivity contribution in [2.24, 2.45) is 5.92 Å². The maximum Gasteiger partial charge on any atom is 0.336 e. The highest BCUT2D eigenvalue weighted by Gasteiger charge is 2.16. The van der Waals surface area contributed by atoms with Crippen LogP contribution in [0.25, 0.3) is 11.0 Å². The van der Waals surface area contributed by atoms with Gasteiger partial charge >= 0.3 is 5.63 Å². The van der Waals surface area contributed by atoms with Gasteiger partial charge in [-0.25, -0.2) is 9.10 Å². The number of benzene rings is 1. The summed E-state index contributed by atoms with van der Waals surface area (Å²) in [6.07, 6.45) is 2.55.